The van der Waals surface area contributed by atoms with Crippen LogP contribution in [-0.4, -0.2) is 17.5 Å². The van der Waals surface area contributed by atoms with Gasteiger partial charge in [-0.15, -0.1) is 0 Å². The van der Waals surface area contributed by atoms with Gasteiger partial charge < -0.3 is 0 Å². The lowest BCUT2D eigenvalue weighted by Crippen LogP contribution is -2.41. The van der Waals surface area contributed by atoms with Crippen LogP contribution in [0, 0.1) is 0 Å². The Morgan fingerprint density at radius 3 is 2.89 bits per heavy atom. The van der Waals surface area contributed by atoms with Crippen LogP contribution in [0.5, 0.6) is 0 Å². The summed E-state index contributed by atoms with van der Waals surface area (Å²) in [4.78, 5) is 2.76. The smallest absolute Gasteiger partial charge is 0.0353 e. The van der Waals surface area contributed by atoms with Crippen LogP contribution in [0.4, 0.5) is 0 Å². The molecule has 0 spiro atoms. The summed E-state index contributed by atoms with van der Waals surface area (Å²) in [7, 11) is 0. The first kappa shape index (κ1) is 12.7. The zero-order valence-electron chi connectivity index (χ0n) is 11.2. The molecule has 2 heteroatoms. The molecule has 0 bridgehead atoms. The molecule has 2 aliphatic rings. The van der Waals surface area contributed by atoms with Gasteiger partial charge in [-0.1, -0.05) is 28.4 Å². The zero-order chi connectivity index (χ0) is 12.5. The van der Waals surface area contributed by atoms with Gasteiger partial charge >= 0.3 is 0 Å². The first-order chi connectivity index (χ1) is 8.75. The summed E-state index contributed by atoms with van der Waals surface area (Å²) < 4.78 is 1.23. The summed E-state index contributed by atoms with van der Waals surface area (Å²) in [5, 5.41) is 0. The monoisotopic (exact) mass is 307 g/mol. The van der Waals surface area contributed by atoms with E-state index in [1.54, 1.807) is 11.1 Å². The molecule has 1 aromatic rings. The Bertz CT molecular complexity index is 429. The van der Waals surface area contributed by atoms with Gasteiger partial charge in [0.05, 0.1) is 0 Å². The topological polar surface area (TPSA) is 3.24 Å². The second-order valence-corrected chi connectivity index (χ2v) is 6.75. The van der Waals surface area contributed by atoms with Crippen molar-refractivity contribution in [3.8, 4) is 0 Å². The number of rotatable bonds is 1. The number of fused-ring (bicyclic) bond motifs is 1. The van der Waals surface area contributed by atoms with Crippen LogP contribution in [0.1, 0.15) is 56.2 Å². The van der Waals surface area contributed by atoms with Crippen molar-refractivity contribution in [3.63, 3.8) is 0 Å². The van der Waals surface area contributed by atoms with Crippen LogP contribution in [0.25, 0.3) is 0 Å². The fraction of sp³-hybridized carbons (Fsp3) is 0.625. The van der Waals surface area contributed by atoms with Crippen molar-refractivity contribution in [2.75, 3.05) is 6.54 Å². The summed E-state index contributed by atoms with van der Waals surface area (Å²) in [6.45, 7) is 3.70. The van der Waals surface area contributed by atoms with E-state index < -0.39 is 0 Å². The molecule has 0 amide bonds. The number of hydrogen-bond acceptors (Lipinski definition) is 1. The Hall–Kier alpha value is -0.340. The van der Waals surface area contributed by atoms with Gasteiger partial charge in [-0.25, -0.2) is 0 Å². The van der Waals surface area contributed by atoms with E-state index in [-0.39, 0.29) is 0 Å². The largest absolute Gasteiger partial charge is 0.294 e. The highest BCUT2D eigenvalue weighted by Crippen LogP contribution is 2.38. The number of piperidine rings is 1. The van der Waals surface area contributed by atoms with E-state index in [4.69, 9.17) is 0 Å². The molecular weight excluding hydrogens is 286 g/mol. The average molecular weight is 308 g/mol. The lowest BCUT2D eigenvalue weighted by Gasteiger charge is -2.42. The number of nitrogens with zero attached hydrogens (tertiary/aromatic N) is 1. The maximum Gasteiger partial charge on any atom is 0.0353 e. The zero-order valence-corrected chi connectivity index (χ0v) is 12.7. The van der Waals surface area contributed by atoms with E-state index >= 15 is 0 Å². The molecule has 1 fully saturated rings. The van der Waals surface area contributed by atoms with E-state index in [1.807, 2.05) is 0 Å². The molecule has 1 aromatic carbocycles. The van der Waals surface area contributed by atoms with Gasteiger partial charge in [0.2, 0.25) is 0 Å². The number of aryl methyl sites for hydroxylation is 1. The molecule has 3 rings (SSSR count). The minimum Gasteiger partial charge on any atom is -0.294 e. The van der Waals surface area contributed by atoms with Crippen molar-refractivity contribution in [1.82, 2.24) is 4.90 Å². The van der Waals surface area contributed by atoms with E-state index in [0.717, 1.165) is 6.04 Å². The van der Waals surface area contributed by atoms with E-state index in [2.05, 4.69) is 46.0 Å². The minimum absolute atomic E-state index is 0.678. The maximum absolute atomic E-state index is 3.60. The second-order valence-electron chi connectivity index (χ2n) is 5.83. The molecule has 1 aliphatic heterocycles. The van der Waals surface area contributed by atoms with Crippen LogP contribution in [0.15, 0.2) is 22.7 Å². The van der Waals surface area contributed by atoms with Crippen LogP contribution >= 0.6 is 15.9 Å². The fourth-order valence-corrected chi connectivity index (χ4v) is 4.09. The molecule has 0 N–H and O–H groups in total. The van der Waals surface area contributed by atoms with Crippen molar-refractivity contribution >= 4 is 15.9 Å². The SMILES string of the molecule is CC1CCCCN1C1CCCc2cc(Br)ccc21. The summed E-state index contributed by atoms with van der Waals surface area (Å²) >= 11 is 3.60. The highest BCUT2D eigenvalue weighted by Gasteiger charge is 2.30. The number of halogens is 1. The standard InChI is InChI=1S/C16H22BrN/c1-12-5-2-3-10-18(12)16-7-4-6-13-11-14(17)8-9-15(13)16/h8-9,11-12,16H,2-7,10H2,1H3. The van der Waals surface area contributed by atoms with Gasteiger partial charge in [0.15, 0.2) is 0 Å². The van der Waals surface area contributed by atoms with Gasteiger partial charge in [-0.05, 0) is 68.8 Å². The van der Waals surface area contributed by atoms with Gasteiger partial charge in [0.25, 0.3) is 0 Å². The summed E-state index contributed by atoms with van der Waals surface area (Å²) in [5.41, 5.74) is 3.16. The Labute approximate surface area is 119 Å². The minimum atomic E-state index is 0.678. The molecular formula is C16H22BrN. The van der Waals surface area contributed by atoms with E-state index in [9.17, 15) is 0 Å². The molecule has 1 heterocycles. The third-order valence-corrected chi connectivity index (χ3v) is 5.14. The van der Waals surface area contributed by atoms with Crippen LogP contribution in [-0.2, 0) is 6.42 Å². The fourth-order valence-electron chi connectivity index (χ4n) is 3.69. The highest BCUT2D eigenvalue weighted by atomic mass is 79.9. The Kier molecular flexibility index (Phi) is 3.76. The molecule has 1 aliphatic carbocycles. The van der Waals surface area contributed by atoms with Crippen molar-refractivity contribution in [2.45, 2.75) is 57.5 Å². The van der Waals surface area contributed by atoms with E-state index in [1.165, 1.54) is 49.5 Å². The first-order valence-electron chi connectivity index (χ1n) is 7.30. The number of benzene rings is 1. The van der Waals surface area contributed by atoms with Gasteiger partial charge in [-0.2, -0.15) is 0 Å². The second kappa shape index (κ2) is 5.34. The number of hydrogen-bond donors (Lipinski definition) is 0. The van der Waals surface area contributed by atoms with Crippen molar-refractivity contribution in [2.24, 2.45) is 0 Å². The summed E-state index contributed by atoms with van der Waals surface area (Å²) in [5.74, 6) is 0. The van der Waals surface area contributed by atoms with Crippen LogP contribution in [0.3, 0.4) is 0 Å². The van der Waals surface area contributed by atoms with Crippen molar-refractivity contribution in [1.29, 1.82) is 0 Å². The van der Waals surface area contributed by atoms with Crippen molar-refractivity contribution in [3.05, 3.63) is 33.8 Å². The predicted octanol–water partition coefficient (Wildman–Crippen LogP) is 4.70. The van der Waals surface area contributed by atoms with Crippen LogP contribution < -0.4 is 0 Å². The number of likely N-dealkylation sites (tertiary alicyclic amines) is 1. The normalized spacial score (nSPS) is 29.0. The maximum atomic E-state index is 3.60. The third kappa shape index (κ3) is 2.37. The average Bonchev–Trinajstić information content (AvgIpc) is 2.38. The Balaban J connectivity index is 1.90. The molecule has 1 saturated heterocycles. The molecule has 98 valence electrons. The Morgan fingerprint density at radius 1 is 1.17 bits per heavy atom. The molecule has 18 heavy (non-hydrogen) atoms. The van der Waals surface area contributed by atoms with Crippen molar-refractivity contribution < 1.29 is 0 Å². The quantitative estimate of drug-likeness (QED) is 0.727. The third-order valence-electron chi connectivity index (χ3n) is 4.64. The molecule has 2 unspecified atom stereocenters. The molecule has 0 radical (unpaired) electrons. The predicted molar refractivity (Wildman–Crippen MR) is 79.8 cm³/mol. The molecule has 0 saturated carbocycles. The Morgan fingerprint density at radius 2 is 2.06 bits per heavy atom. The highest BCUT2D eigenvalue weighted by molar-refractivity contribution is 9.10. The molecule has 0 aromatic heterocycles. The first-order valence-corrected chi connectivity index (χ1v) is 8.09. The van der Waals surface area contributed by atoms with Gasteiger partial charge in [-0.3, -0.25) is 4.90 Å². The van der Waals surface area contributed by atoms with Gasteiger partial charge in [0.1, 0.15) is 0 Å². The molecule has 2 atom stereocenters. The lowest BCUT2D eigenvalue weighted by molar-refractivity contribution is 0.0941. The molecule has 1 nitrogen and oxygen atoms in total. The lowest BCUT2D eigenvalue weighted by atomic mass is 9.85. The summed E-state index contributed by atoms with van der Waals surface area (Å²) in [6, 6.07) is 8.34. The van der Waals surface area contributed by atoms with Crippen LogP contribution in [0.2, 0.25) is 0 Å². The van der Waals surface area contributed by atoms with Gasteiger partial charge in [0, 0.05) is 16.6 Å². The van der Waals surface area contributed by atoms with E-state index in [0.29, 0.717) is 6.04 Å². The summed E-state index contributed by atoms with van der Waals surface area (Å²) in [6.07, 6.45) is 8.12.